The Bertz CT molecular complexity index is 1150. The van der Waals surface area contributed by atoms with Crippen LogP contribution >= 0.6 is 0 Å². The number of nitrogens with one attached hydrogen (secondary N) is 3. The number of hydrogen-bond donors (Lipinski definition) is 3. The second-order valence-electron chi connectivity index (χ2n) is 9.07. The zero-order valence-electron chi connectivity index (χ0n) is 19.0. The molecule has 188 valence electrons. The van der Waals surface area contributed by atoms with Gasteiger partial charge in [0.25, 0.3) is 5.91 Å². The molecule has 2 aliphatic heterocycles. The lowest BCUT2D eigenvalue weighted by Crippen LogP contribution is -2.63. The monoisotopic (exact) mass is 497 g/mol. The molecule has 0 radical (unpaired) electrons. The predicted octanol–water partition coefficient (Wildman–Crippen LogP) is 2.55. The molecule has 2 saturated heterocycles. The SMILES string of the molecule is CC1NNCC1c1cnn(C2(CC#N)CN(c3cc(F)c(C(=O)N[C@@H](C)C(F)(F)F)cc3F)C2)c1. The van der Waals surface area contributed by atoms with Crippen molar-refractivity contribution < 1.29 is 26.7 Å². The maximum Gasteiger partial charge on any atom is 0.408 e. The minimum atomic E-state index is -4.72. The third-order valence-electron chi connectivity index (χ3n) is 6.61. The molecule has 3 N–H and O–H groups in total. The lowest BCUT2D eigenvalue weighted by Gasteiger charge is -2.50. The number of benzene rings is 1. The van der Waals surface area contributed by atoms with E-state index in [-0.39, 0.29) is 37.2 Å². The number of nitriles is 1. The molecule has 4 rings (SSSR count). The third kappa shape index (κ3) is 4.68. The topological polar surface area (TPSA) is 98.0 Å². The summed E-state index contributed by atoms with van der Waals surface area (Å²) in [6, 6.07) is 1.45. The summed E-state index contributed by atoms with van der Waals surface area (Å²) in [4.78, 5) is 13.6. The second kappa shape index (κ2) is 9.09. The Balaban J connectivity index is 1.51. The van der Waals surface area contributed by atoms with Crippen LogP contribution in [0.5, 0.6) is 0 Å². The van der Waals surface area contributed by atoms with Crippen LogP contribution in [-0.2, 0) is 5.54 Å². The quantitative estimate of drug-likeness (QED) is 0.531. The van der Waals surface area contributed by atoms with Gasteiger partial charge in [-0.25, -0.2) is 8.78 Å². The Morgan fingerprint density at radius 2 is 2.06 bits per heavy atom. The Morgan fingerprint density at radius 1 is 1.34 bits per heavy atom. The first kappa shape index (κ1) is 24.9. The van der Waals surface area contributed by atoms with E-state index in [4.69, 9.17) is 0 Å². The van der Waals surface area contributed by atoms with Crippen LogP contribution in [0.2, 0.25) is 0 Å². The van der Waals surface area contributed by atoms with Crippen LogP contribution in [-0.4, -0.2) is 53.6 Å². The molecular weight excluding hydrogens is 473 g/mol. The Labute approximate surface area is 198 Å². The number of alkyl halides is 3. The molecule has 2 fully saturated rings. The van der Waals surface area contributed by atoms with Gasteiger partial charge in [0.2, 0.25) is 0 Å². The number of halogens is 5. The van der Waals surface area contributed by atoms with Gasteiger partial charge < -0.3 is 10.2 Å². The first-order valence-electron chi connectivity index (χ1n) is 11.0. The molecule has 1 aromatic carbocycles. The standard InChI is InChI=1S/C22H24F5N7O/c1-12-16(8-29-32-12)14-7-30-34(9-14)21(3-4-28)10-33(11-21)19-6-17(23)15(5-18(19)24)20(35)31-13(2)22(25,26)27/h5-7,9,12-13,16,29,32H,3,8,10-11H2,1-2H3,(H,31,35)/t12?,13-,16?/m0/s1. The summed E-state index contributed by atoms with van der Waals surface area (Å²) in [6.07, 6.45) is -1.05. The number of rotatable bonds is 6. The number of carbonyl (C=O) groups excluding carboxylic acids is 1. The maximum absolute atomic E-state index is 14.8. The molecule has 0 aliphatic carbocycles. The van der Waals surface area contributed by atoms with E-state index in [1.54, 1.807) is 16.2 Å². The van der Waals surface area contributed by atoms with Gasteiger partial charge in [0.1, 0.15) is 23.2 Å². The average Bonchev–Trinajstić information content (AvgIpc) is 3.40. The van der Waals surface area contributed by atoms with Gasteiger partial charge in [-0.2, -0.15) is 23.5 Å². The highest BCUT2D eigenvalue weighted by molar-refractivity contribution is 5.95. The van der Waals surface area contributed by atoms with Crippen LogP contribution in [0.25, 0.3) is 0 Å². The lowest BCUT2D eigenvalue weighted by molar-refractivity contribution is -0.149. The van der Waals surface area contributed by atoms with Crippen molar-refractivity contribution in [3.8, 4) is 6.07 Å². The molecule has 3 heterocycles. The molecule has 0 saturated carbocycles. The average molecular weight is 497 g/mol. The minimum absolute atomic E-state index is 0.0846. The predicted molar refractivity (Wildman–Crippen MR) is 115 cm³/mol. The highest BCUT2D eigenvalue weighted by Crippen LogP contribution is 2.38. The zero-order chi connectivity index (χ0) is 25.5. The number of aromatic nitrogens is 2. The highest BCUT2D eigenvalue weighted by atomic mass is 19.4. The smallest absolute Gasteiger partial charge is 0.364 e. The van der Waals surface area contributed by atoms with Gasteiger partial charge >= 0.3 is 6.18 Å². The van der Waals surface area contributed by atoms with Crippen LogP contribution in [0.15, 0.2) is 24.5 Å². The van der Waals surface area contributed by atoms with Crippen molar-refractivity contribution in [1.29, 1.82) is 5.26 Å². The Morgan fingerprint density at radius 3 is 2.66 bits per heavy atom. The largest absolute Gasteiger partial charge is 0.408 e. The van der Waals surface area contributed by atoms with Crippen molar-refractivity contribution in [3.63, 3.8) is 0 Å². The zero-order valence-corrected chi connectivity index (χ0v) is 19.0. The van der Waals surface area contributed by atoms with E-state index in [1.165, 1.54) is 4.90 Å². The molecule has 1 amide bonds. The van der Waals surface area contributed by atoms with Crippen molar-refractivity contribution in [2.24, 2.45) is 0 Å². The summed E-state index contributed by atoms with van der Waals surface area (Å²) in [6.45, 7) is 3.77. The van der Waals surface area contributed by atoms with Gasteiger partial charge in [-0.3, -0.25) is 20.3 Å². The molecule has 0 spiro atoms. The van der Waals surface area contributed by atoms with Crippen molar-refractivity contribution >= 4 is 11.6 Å². The first-order chi connectivity index (χ1) is 16.4. The minimum Gasteiger partial charge on any atom is -0.364 e. The second-order valence-corrected chi connectivity index (χ2v) is 9.07. The fourth-order valence-corrected chi connectivity index (χ4v) is 4.43. The summed E-state index contributed by atoms with van der Waals surface area (Å²) >= 11 is 0. The van der Waals surface area contributed by atoms with Crippen LogP contribution in [0.3, 0.4) is 0 Å². The lowest BCUT2D eigenvalue weighted by atomic mass is 9.86. The van der Waals surface area contributed by atoms with E-state index in [9.17, 15) is 32.0 Å². The van der Waals surface area contributed by atoms with Gasteiger partial charge in [0, 0.05) is 43.9 Å². The maximum atomic E-state index is 14.8. The van der Waals surface area contributed by atoms with Crippen LogP contribution < -0.4 is 21.1 Å². The van der Waals surface area contributed by atoms with Gasteiger partial charge in [0.15, 0.2) is 0 Å². The molecular formula is C22H24F5N7O. The highest BCUT2D eigenvalue weighted by Gasteiger charge is 2.47. The van der Waals surface area contributed by atoms with Crippen LogP contribution in [0.4, 0.5) is 27.6 Å². The molecule has 13 heteroatoms. The van der Waals surface area contributed by atoms with Crippen molar-refractivity contribution in [3.05, 3.63) is 47.3 Å². The van der Waals surface area contributed by atoms with Gasteiger partial charge in [-0.15, -0.1) is 0 Å². The van der Waals surface area contributed by atoms with E-state index in [0.717, 1.165) is 18.2 Å². The number of amides is 1. The number of nitrogens with zero attached hydrogens (tertiary/aromatic N) is 4. The number of carbonyl (C=O) groups is 1. The van der Waals surface area contributed by atoms with E-state index >= 15 is 0 Å². The van der Waals surface area contributed by atoms with Crippen LogP contribution in [0, 0.1) is 23.0 Å². The summed E-state index contributed by atoms with van der Waals surface area (Å²) in [5.74, 6) is -3.29. The molecule has 3 atom stereocenters. The summed E-state index contributed by atoms with van der Waals surface area (Å²) in [7, 11) is 0. The van der Waals surface area contributed by atoms with Crippen LogP contribution in [0.1, 0.15) is 42.1 Å². The third-order valence-corrected chi connectivity index (χ3v) is 6.61. The van der Waals surface area contributed by atoms with Crippen molar-refractivity contribution in [2.75, 3.05) is 24.5 Å². The van der Waals surface area contributed by atoms with E-state index in [2.05, 4.69) is 22.0 Å². The van der Waals surface area contributed by atoms with Crippen molar-refractivity contribution in [1.82, 2.24) is 25.9 Å². The van der Waals surface area contributed by atoms with E-state index in [0.29, 0.717) is 13.0 Å². The summed E-state index contributed by atoms with van der Waals surface area (Å²) < 4.78 is 69.2. The van der Waals surface area contributed by atoms with E-state index in [1.807, 2.05) is 13.1 Å². The molecule has 2 aliphatic rings. The summed E-state index contributed by atoms with van der Waals surface area (Å²) in [5.41, 5.74) is 5.46. The molecule has 2 aromatic rings. The molecule has 35 heavy (non-hydrogen) atoms. The normalized spacial score (nSPS) is 22.4. The first-order valence-corrected chi connectivity index (χ1v) is 11.0. The Kier molecular flexibility index (Phi) is 6.46. The van der Waals surface area contributed by atoms with Crippen molar-refractivity contribution in [2.45, 2.75) is 50.0 Å². The van der Waals surface area contributed by atoms with Gasteiger partial charge in [-0.05, 0) is 25.5 Å². The fourth-order valence-electron chi connectivity index (χ4n) is 4.43. The van der Waals surface area contributed by atoms with Gasteiger partial charge in [-0.1, -0.05) is 0 Å². The van der Waals surface area contributed by atoms with Gasteiger partial charge in [0.05, 0.1) is 29.9 Å². The Hall–Kier alpha value is -3.24. The molecule has 2 unspecified atom stereocenters. The summed E-state index contributed by atoms with van der Waals surface area (Å²) in [5, 5.41) is 15.4. The molecule has 1 aromatic heterocycles. The molecule has 8 nitrogen and oxygen atoms in total. The number of hydrogen-bond acceptors (Lipinski definition) is 6. The fraction of sp³-hybridized carbons (Fsp3) is 0.500. The number of hydrazine groups is 1. The molecule has 0 bridgehead atoms. The van der Waals surface area contributed by atoms with E-state index < -0.39 is 40.9 Å². The number of anilines is 1.